The van der Waals surface area contributed by atoms with Crippen LogP contribution in [0, 0.1) is 6.92 Å². The number of aryl methyl sites for hydroxylation is 1. The molecule has 96 valence electrons. The van der Waals surface area contributed by atoms with E-state index in [1.165, 1.54) is 7.11 Å². The minimum atomic E-state index is -3.54. The minimum Gasteiger partial charge on any atom is -0.383 e. The molecule has 0 atom stereocenters. The molecule has 0 aliphatic rings. The molecule has 0 unspecified atom stereocenters. The molecule has 5 nitrogen and oxygen atoms in total. The van der Waals surface area contributed by atoms with Gasteiger partial charge in [0.25, 0.3) is 10.2 Å². The second-order valence-corrected chi connectivity index (χ2v) is 5.87. The quantitative estimate of drug-likeness (QED) is 0.782. The Hall–Kier alpha value is -0.630. The number of halogens is 1. The van der Waals surface area contributed by atoms with E-state index in [4.69, 9.17) is 4.74 Å². The van der Waals surface area contributed by atoms with Crippen molar-refractivity contribution in [3.8, 4) is 0 Å². The van der Waals surface area contributed by atoms with Crippen LogP contribution in [0.3, 0.4) is 0 Å². The van der Waals surface area contributed by atoms with Gasteiger partial charge in [-0.3, -0.25) is 4.72 Å². The van der Waals surface area contributed by atoms with Crippen molar-refractivity contribution in [2.75, 3.05) is 25.0 Å². The molecule has 0 aliphatic heterocycles. The van der Waals surface area contributed by atoms with Crippen molar-refractivity contribution in [1.82, 2.24) is 4.72 Å². The van der Waals surface area contributed by atoms with E-state index in [-0.39, 0.29) is 6.54 Å². The molecule has 1 aromatic carbocycles. The highest BCUT2D eigenvalue weighted by molar-refractivity contribution is 9.10. The van der Waals surface area contributed by atoms with Gasteiger partial charge in [0.05, 0.1) is 12.3 Å². The van der Waals surface area contributed by atoms with Crippen molar-refractivity contribution < 1.29 is 13.2 Å². The lowest BCUT2D eigenvalue weighted by molar-refractivity contribution is 0.204. The van der Waals surface area contributed by atoms with Crippen LogP contribution < -0.4 is 9.44 Å². The van der Waals surface area contributed by atoms with Crippen molar-refractivity contribution in [2.45, 2.75) is 6.92 Å². The van der Waals surface area contributed by atoms with E-state index in [9.17, 15) is 8.42 Å². The molecule has 2 N–H and O–H groups in total. The summed E-state index contributed by atoms with van der Waals surface area (Å²) in [6, 6.07) is 5.32. The third-order valence-electron chi connectivity index (χ3n) is 2.03. The van der Waals surface area contributed by atoms with Crippen LogP contribution >= 0.6 is 15.9 Å². The maximum atomic E-state index is 11.6. The van der Waals surface area contributed by atoms with Crippen LogP contribution in [0.2, 0.25) is 0 Å². The van der Waals surface area contributed by atoms with Gasteiger partial charge in [-0.25, -0.2) is 0 Å². The van der Waals surface area contributed by atoms with Crippen molar-refractivity contribution in [3.63, 3.8) is 0 Å². The molecule has 1 rings (SSSR count). The number of rotatable bonds is 6. The molecule has 0 amide bonds. The summed E-state index contributed by atoms with van der Waals surface area (Å²) in [4.78, 5) is 0. The minimum absolute atomic E-state index is 0.238. The lowest BCUT2D eigenvalue weighted by Gasteiger charge is -2.11. The van der Waals surface area contributed by atoms with Crippen molar-refractivity contribution in [1.29, 1.82) is 0 Å². The highest BCUT2D eigenvalue weighted by atomic mass is 79.9. The number of benzene rings is 1. The number of hydrogen-bond acceptors (Lipinski definition) is 3. The molecule has 17 heavy (non-hydrogen) atoms. The topological polar surface area (TPSA) is 67.4 Å². The summed E-state index contributed by atoms with van der Waals surface area (Å²) in [5.41, 5.74) is 1.40. The lowest BCUT2D eigenvalue weighted by atomic mass is 10.2. The van der Waals surface area contributed by atoms with E-state index in [1.54, 1.807) is 12.1 Å². The Kier molecular flexibility index (Phi) is 5.38. The molecule has 0 aliphatic carbocycles. The largest absolute Gasteiger partial charge is 0.383 e. The molecule has 0 radical (unpaired) electrons. The second-order valence-electron chi connectivity index (χ2n) is 3.45. The van der Waals surface area contributed by atoms with E-state index in [1.807, 2.05) is 13.0 Å². The molecule has 0 spiro atoms. The second kappa shape index (κ2) is 6.34. The fourth-order valence-electron chi connectivity index (χ4n) is 1.20. The van der Waals surface area contributed by atoms with Gasteiger partial charge in [-0.15, -0.1) is 0 Å². The van der Waals surface area contributed by atoms with Gasteiger partial charge in [0, 0.05) is 18.1 Å². The van der Waals surface area contributed by atoms with Crippen molar-refractivity contribution in [2.24, 2.45) is 0 Å². The predicted octanol–water partition coefficient (Wildman–Crippen LogP) is 1.65. The van der Waals surface area contributed by atoms with Gasteiger partial charge in [0.2, 0.25) is 0 Å². The van der Waals surface area contributed by atoms with Gasteiger partial charge in [-0.2, -0.15) is 13.1 Å². The SMILES string of the molecule is COCCNS(=O)(=O)Nc1ccc(Br)cc1C. The fourth-order valence-corrected chi connectivity index (χ4v) is 2.62. The first-order valence-electron chi connectivity index (χ1n) is 4.97. The molecule has 0 saturated heterocycles. The molecule has 7 heteroatoms. The summed E-state index contributed by atoms with van der Waals surface area (Å²) in [5, 5.41) is 0. The van der Waals surface area contributed by atoms with Crippen LogP contribution in [0.5, 0.6) is 0 Å². The molecule has 0 heterocycles. The Bertz CT molecular complexity index is 476. The Morgan fingerprint density at radius 3 is 2.71 bits per heavy atom. The van der Waals surface area contributed by atoms with Crippen LogP contribution in [0.15, 0.2) is 22.7 Å². The van der Waals surface area contributed by atoms with Gasteiger partial charge in [0.1, 0.15) is 0 Å². The van der Waals surface area contributed by atoms with Crippen LogP contribution in [0.25, 0.3) is 0 Å². The summed E-state index contributed by atoms with van der Waals surface area (Å²) < 4.78 is 33.8. The molecule has 0 saturated carbocycles. The number of anilines is 1. The molecule has 0 fully saturated rings. The van der Waals surface area contributed by atoms with Crippen LogP contribution in [-0.2, 0) is 14.9 Å². The molecule has 1 aromatic rings. The maximum Gasteiger partial charge on any atom is 0.299 e. The Morgan fingerprint density at radius 2 is 2.12 bits per heavy atom. The van der Waals surface area contributed by atoms with E-state index < -0.39 is 10.2 Å². The maximum absolute atomic E-state index is 11.6. The summed E-state index contributed by atoms with van der Waals surface area (Å²) in [6.45, 7) is 2.40. The third kappa shape index (κ3) is 5.03. The zero-order chi connectivity index (χ0) is 12.9. The lowest BCUT2D eigenvalue weighted by Crippen LogP contribution is -2.32. The number of ether oxygens (including phenoxy) is 1. The highest BCUT2D eigenvalue weighted by Gasteiger charge is 2.10. The van der Waals surface area contributed by atoms with Crippen LogP contribution in [0.4, 0.5) is 5.69 Å². The highest BCUT2D eigenvalue weighted by Crippen LogP contribution is 2.20. The standard InChI is InChI=1S/C10H15BrN2O3S/c1-8-7-9(11)3-4-10(8)13-17(14,15)12-5-6-16-2/h3-4,7,12-13H,5-6H2,1-2H3. The van der Waals surface area contributed by atoms with E-state index >= 15 is 0 Å². The number of hydrogen-bond donors (Lipinski definition) is 2. The molecule has 0 aromatic heterocycles. The van der Waals surface area contributed by atoms with Gasteiger partial charge in [-0.1, -0.05) is 15.9 Å². The average molecular weight is 323 g/mol. The first-order valence-corrected chi connectivity index (χ1v) is 7.25. The Labute approximate surface area is 110 Å². The summed E-state index contributed by atoms with van der Waals surface area (Å²) in [7, 11) is -2.02. The first-order chi connectivity index (χ1) is 7.94. The van der Waals surface area contributed by atoms with Crippen LogP contribution in [-0.4, -0.2) is 28.7 Å². The number of methoxy groups -OCH3 is 1. The zero-order valence-corrected chi connectivity index (χ0v) is 12.1. The number of nitrogens with one attached hydrogen (secondary N) is 2. The van der Waals surface area contributed by atoms with Crippen molar-refractivity contribution in [3.05, 3.63) is 28.2 Å². The average Bonchev–Trinajstić information content (AvgIpc) is 2.22. The van der Waals surface area contributed by atoms with E-state index in [0.29, 0.717) is 12.3 Å². The molecular formula is C10H15BrN2O3S. The Balaban J connectivity index is 2.69. The first kappa shape index (κ1) is 14.4. The summed E-state index contributed by atoms with van der Waals surface area (Å²) in [6.07, 6.45) is 0. The zero-order valence-electron chi connectivity index (χ0n) is 9.66. The van der Waals surface area contributed by atoms with E-state index in [0.717, 1.165) is 10.0 Å². The van der Waals surface area contributed by atoms with E-state index in [2.05, 4.69) is 25.4 Å². The van der Waals surface area contributed by atoms with Gasteiger partial charge in [-0.05, 0) is 30.7 Å². The molecular weight excluding hydrogens is 308 g/mol. The van der Waals surface area contributed by atoms with Gasteiger partial charge in [0.15, 0.2) is 0 Å². The predicted molar refractivity (Wildman–Crippen MR) is 71.3 cm³/mol. The van der Waals surface area contributed by atoms with Crippen molar-refractivity contribution >= 4 is 31.8 Å². The summed E-state index contributed by atoms with van der Waals surface area (Å²) >= 11 is 3.32. The molecule has 0 bridgehead atoms. The third-order valence-corrected chi connectivity index (χ3v) is 3.60. The fraction of sp³-hybridized carbons (Fsp3) is 0.400. The van der Waals surface area contributed by atoms with Crippen LogP contribution in [0.1, 0.15) is 5.56 Å². The summed E-state index contributed by atoms with van der Waals surface area (Å²) in [5.74, 6) is 0. The van der Waals surface area contributed by atoms with Gasteiger partial charge >= 0.3 is 0 Å². The normalized spacial score (nSPS) is 11.5. The Morgan fingerprint density at radius 1 is 1.41 bits per heavy atom. The monoisotopic (exact) mass is 322 g/mol. The smallest absolute Gasteiger partial charge is 0.299 e. The van der Waals surface area contributed by atoms with Gasteiger partial charge < -0.3 is 4.74 Å².